The molecule has 0 rings (SSSR count). The van der Waals surface area contributed by atoms with Gasteiger partial charge in [-0.05, 0) is 26.7 Å². The molecule has 0 aliphatic carbocycles. The lowest BCUT2D eigenvalue weighted by Gasteiger charge is -2.15. The van der Waals surface area contributed by atoms with Crippen LogP contribution in [0, 0.1) is 0 Å². The molecule has 0 aromatic carbocycles. The van der Waals surface area contributed by atoms with Crippen LogP contribution in [0.3, 0.4) is 0 Å². The summed E-state index contributed by atoms with van der Waals surface area (Å²) >= 11 is 0. The summed E-state index contributed by atoms with van der Waals surface area (Å²) in [5.41, 5.74) is 0. The number of carbonyl (C=O) groups is 1. The Morgan fingerprint density at radius 1 is 1.40 bits per heavy atom. The highest BCUT2D eigenvalue weighted by molar-refractivity contribution is 5.76. The number of carbonyl (C=O) groups excluding carboxylic acids is 1. The molecule has 0 bridgehead atoms. The van der Waals surface area contributed by atoms with Gasteiger partial charge in [0.15, 0.2) is 0 Å². The number of aliphatic hydroxyl groups is 1. The number of hydrogen-bond acceptors (Lipinski definition) is 3. The smallest absolute Gasteiger partial charge is 0.221 e. The van der Waals surface area contributed by atoms with E-state index in [1.807, 2.05) is 13.8 Å². The highest BCUT2D eigenvalue weighted by Gasteiger charge is 2.06. The number of nitrogens with one attached hydrogen (secondary N) is 2. The zero-order chi connectivity index (χ0) is 11.7. The first kappa shape index (κ1) is 14.4. The van der Waals surface area contributed by atoms with E-state index in [-0.39, 0.29) is 18.6 Å². The second kappa shape index (κ2) is 8.68. The second-order valence-corrected chi connectivity index (χ2v) is 4.04. The van der Waals surface area contributed by atoms with Gasteiger partial charge in [-0.25, -0.2) is 0 Å². The van der Waals surface area contributed by atoms with Gasteiger partial charge in [-0.2, -0.15) is 0 Å². The van der Waals surface area contributed by atoms with Gasteiger partial charge in [-0.1, -0.05) is 6.92 Å². The molecule has 15 heavy (non-hydrogen) atoms. The lowest BCUT2D eigenvalue weighted by molar-refractivity contribution is -0.121. The molecule has 0 saturated carbocycles. The van der Waals surface area contributed by atoms with Crippen LogP contribution >= 0.6 is 0 Å². The van der Waals surface area contributed by atoms with Gasteiger partial charge in [0, 0.05) is 31.7 Å². The SMILES string of the molecule is CCC(CCO)NCCC(=O)NC(C)C. The maximum absolute atomic E-state index is 11.3. The molecule has 4 nitrogen and oxygen atoms in total. The molecule has 3 N–H and O–H groups in total. The minimum atomic E-state index is 0.0800. The first-order valence-electron chi connectivity index (χ1n) is 5.73. The molecule has 0 radical (unpaired) electrons. The Hall–Kier alpha value is -0.610. The van der Waals surface area contributed by atoms with Crippen molar-refractivity contribution in [3.05, 3.63) is 0 Å². The fourth-order valence-electron chi connectivity index (χ4n) is 1.39. The van der Waals surface area contributed by atoms with Gasteiger partial charge in [0.2, 0.25) is 5.91 Å². The van der Waals surface area contributed by atoms with Crippen LogP contribution in [0.4, 0.5) is 0 Å². The Morgan fingerprint density at radius 3 is 2.53 bits per heavy atom. The number of aliphatic hydroxyl groups excluding tert-OH is 1. The first-order valence-corrected chi connectivity index (χ1v) is 5.73. The van der Waals surface area contributed by atoms with Crippen molar-refractivity contribution in [1.82, 2.24) is 10.6 Å². The molecule has 4 heteroatoms. The summed E-state index contributed by atoms with van der Waals surface area (Å²) in [5, 5.41) is 14.9. The average Bonchev–Trinajstić information content (AvgIpc) is 2.15. The molecule has 0 aliphatic heterocycles. The molecule has 0 saturated heterocycles. The third kappa shape index (κ3) is 8.39. The van der Waals surface area contributed by atoms with Gasteiger partial charge in [0.1, 0.15) is 0 Å². The Morgan fingerprint density at radius 2 is 2.07 bits per heavy atom. The molecule has 0 aromatic heterocycles. The summed E-state index contributed by atoms with van der Waals surface area (Å²) in [6.07, 6.45) is 2.23. The van der Waals surface area contributed by atoms with Crippen molar-refractivity contribution in [2.45, 2.75) is 52.1 Å². The van der Waals surface area contributed by atoms with Crippen molar-refractivity contribution < 1.29 is 9.90 Å². The summed E-state index contributed by atoms with van der Waals surface area (Å²) < 4.78 is 0. The van der Waals surface area contributed by atoms with Gasteiger partial charge in [-0.3, -0.25) is 4.79 Å². The van der Waals surface area contributed by atoms with Gasteiger partial charge in [0.05, 0.1) is 0 Å². The number of rotatable bonds is 8. The van der Waals surface area contributed by atoms with Crippen molar-refractivity contribution in [3.63, 3.8) is 0 Å². The van der Waals surface area contributed by atoms with E-state index in [1.165, 1.54) is 0 Å². The predicted octanol–water partition coefficient (Wildman–Crippen LogP) is 0.652. The first-order chi connectivity index (χ1) is 7.10. The van der Waals surface area contributed by atoms with Crippen LogP contribution < -0.4 is 10.6 Å². The largest absolute Gasteiger partial charge is 0.396 e. The zero-order valence-electron chi connectivity index (χ0n) is 10.0. The monoisotopic (exact) mass is 216 g/mol. The van der Waals surface area contributed by atoms with E-state index in [0.29, 0.717) is 19.0 Å². The minimum absolute atomic E-state index is 0.0800. The summed E-state index contributed by atoms with van der Waals surface area (Å²) in [4.78, 5) is 11.3. The maximum Gasteiger partial charge on any atom is 0.221 e. The normalized spacial score (nSPS) is 12.9. The highest BCUT2D eigenvalue weighted by Crippen LogP contribution is 1.96. The van der Waals surface area contributed by atoms with Crippen molar-refractivity contribution in [2.24, 2.45) is 0 Å². The van der Waals surface area contributed by atoms with Crippen LogP contribution in [0.1, 0.15) is 40.0 Å². The van der Waals surface area contributed by atoms with Gasteiger partial charge < -0.3 is 15.7 Å². The number of amides is 1. The van der Waals surface area contributed by atoms with Crippen molar-refractivity contribution in [3.8, 4) is 0 Å². The minimum Gasteiger partial charge on any atom is -0.396 e. The van der Waals surface area contributed by atoms with Crippen LogP contribution in [0.25, 0.3) is 0 Å². The van der Waals surface area contributed by atoms with Crippen molar-refractivity contribution in [2.75, 3.05) is 13.2 Å². The fourth-order valence-corrected chi connectivity index (χ4v) is 1.39. The molecule has 0 aliphatic rings. The molecule has 1 atom stereocenters. The summed E-state index contributed by atoms with van der Waals surface area (Å²) in [6, 6.07) is 0.527. The van der Waals surface area contributed by atoms with E-state index in [2.05, 4.69) is 17.6 Å². The van der Waals surface area contributed by atoms with Crippen molar-refractivity contribution in [1.29, 1.82) is 0 Å². The molecule has 0 spiro atoms. The quantitative estimate of drug-likeness (QED) is 0.558. The topological polar surface area (TPSA) is 61.4 Å². The molecule has 1 amide bonds. The molecular weight excluding hydrogens is 192 g/mol. The highest BCUT2D eigenvalue weighted by atomic mass is 16.3. The van der Waals surface area contributed by atoms with E-state index >= 15 is 0 Å². The third-order valence-electron chi connectivity index (χ3n) is 2.21. The summed E-state index contributed by atoms with van der Waals surface area (Å²) in [5.74, 6) is 0.0800. The molecule has 0 heterocycles. The van der Waals surface area contributed by atoms with Crippen LogP contribution in [0.5, 0.6) is 0 Å². The molecule has 90 valence electrons. The van der Waals surface area contributed by atoms with E-state index in [1.54, 1.807) is 0 Å². The number of hydrogen-bond donors (Lipinski definition) is 3. The molecular formula is C11H24N2O2. The van der Waals surface area contributed by atoms with Gasteiger partial charge in [-0.15, -0.1) is 0 Å². The lowest BCUT2D eigenvalue weighted by atomic mass is 10.1. The Bertz CT molecular complexity index is 172. The van der Waals surface area contributed by atoms with Crippen LogP contribution in [-0.2, 0) is 4.79 Å². The van der Waals surface area contributed by atoms with E-state index in [0.717, 1.165) is 12.8 Å². The average molecular weight is 216 g/mol. The van der Waals surface area contributed by atoms with Gasteiger partial charge in [0.25, 0.3) is 0 Å². The Labute approximate surface area is 92.4 Å². The van der Waals surface area contributed by atoms with E-state index in [9.17, 15) is 4.79 Å². The zero-order valence-corrected chi connectivity index (χ0v) is 10.0. The standard InChI is InChI=1S/C11H24N2O2/c1-4-10(6-8-14)12-7-5-11(15)13-9(2)3/h9-10,12,14H,4-8H2,1-3H3,(H,13,15). The third-order valence-corrected chi connectivity index (χ3v) is 2.21. The summed E-state index contributed by atoms with van der Waals surface area (Å²) in [7, 11) is 0. The Balaban J connectivity index is 3.54. The summed E-state index contributed by atoms with van der Waals surface area (Å²) in [6.45, 7) is 6.85. The van der Waals surface area contributed by atoms with E-state index < -0.39 is 0 Å². The van der Waals surface area contributed by atoms with Crippen molar-refractivity contribution >= 4 is 5.91 Å². The van der Waals surface area contributed by atoms with Gasteiger partial charge >= 0.3 is 0 Å². The molecule has 1 unspecified atom stereocenters. The fraction of sp³-hybridized carbons (Fsp3) is 0.909. The van der Waals surface area contributed by atoms with Crippen LogP contribution in [-0.4, -0.2) is 36.2 Å². The predicted molar refractivity (Wildman–Crippen MR) is 61.7 cm³/mol. The molecule has 0 aromatic rings. The van der Waals surface area contributed by atoms with E-state index in [4.69, 9.17) is 5.11 Å². The van der Waals surface area contributed by atoms with Crippen LogP contribution in [0.2, 0.25) is 0 Å². The Kier molecular flexibility index (Phi) is 8.33. The second-order valence-electron chi connectivity index (χ2n) is 4.04. The lowest BCUT2D eigenvalue weighted by Crippen LogP contribution is -2.35. The maximum atomic E-state index is 11.3. The van der Waals surface area contributed by atoms with Crippen LogP contribution in [0.15, 0.2) is 0 Å². The molecule has 0 fully saturated rings.